The zero-order chi connectivity index (χ0) is 23.8. The molecule has 0 unspecified atom stereocenters. The molecular formula is C24H29ClN8O2S. The molecule has 6 rings (SSSR count). The summed E-state index contributed by atoms with van der Waals surface area (Å²) in [7, 11) is 0. The molecule has 4 aromatic rings. The van der Waals surface area contributed by atoms with Gasteiger partial charge in [-0.25, -0.2) is 9.97 Å². The molecule has 2 saturated heterocycles. The highest BCUT2D eigenvalue weighted by Crippen LogP contribution is 2.36. The minimum absolute atomic E-state index is 0. The van der Waals surface area contributed by atoms with Crippen molar-refractivity contribution in [1.82, 2.24) is 30.0 Å². The fourth-order valence-corrected chi connectivity index (χ4v) is 5.98. The van der Waals surface area contributed by atoms with Crippen LogP contribution in [0.5, 0.6) is 0 Å². The first-order valence-electron chi connectivity index (χ1n) is 12.0. The van der Waals surface area contributed by atoms with E-state index >= 15 is 0 Å². The summed E-state index contributed by atoms with van der Waals surface area (Å²) in [4.78, 5) is 29.8. The van der Waals surface area contributed by atoms with Gasteiger partial charge >= 0.3 is 0 Å². The maximum Gasteiger partial charge on any atom is 0.236 e. The Labute approximate surface area is 218 Å². The van der Waals surface area contributed by atoms with E-state index in [0.717, 1.165) is 78.3 Å². The van der Waals surface area contributed by atoms with Crippen LogP contribution in [0.4, 0.5) is 5.82 Å². The lowest BCUT2D eigenvalue weighted by Crippen LogP contribution is -2.49. The van der Waals surface area contributed by atoms with Gasteiger partial charge in [-0.05, 0) is 12.1 Å². The Hall–Kier alpha value is -2.83. The van der Waals surface area contributed by atoms with Gasteiger partial charge in [-0.3, -0.25) is 14.8 Å². The first kappa shape index (κ1) is 24.8. The van der Waals surface area contributed by atoms with Crippen molar-refractivity contribution >= 4 is 56.6 Å². The monoisotopic (exact) mass is 528 g/mol. The fourth-order valence-electron chi connectivity index (χ4n) is 4.82. The number of benzene rings is 1. The number of rotatable bonds is 5. The molecule has 0 aliphatic carbocycles. The highest BCUT2D eigenvalue weighted by Gasteiger charge is 2.23. The van der Waals surface area contributed by atoms with E-state index in [1.54, 1.807) is 11.3 Å². The summed E-state index contributed by atoms with van der Waals surface area (Å²) in [5.74, 6) is 1.71. The van der Waals surface area contributed by atoms with E-state index in [2.05, 4.69) is 32.1 Å². The molecular weight excluding hydrogens is 500 g/mol. The van der Waals surface area contributed by atoms with Crippen LogP contribution >= 0.6 is 23.7 Å². The average molecular weight is 529 g/mol. The van der Waals surface area contributed by atoms with Crippen LogP contribution in [0.15, 0.2) is 30.5 Å². The van der Waals surface area contributed by atoms with Crippen molar-refractivity contribution in [2.45, 2.75) is 6.54 Å². The van der Waals surface area contributed by atoms with Crippen molar-refractivity contribution in [2.24, 2.45) is 5.73 Å². The lowest BCUT2D eigenvalue weighted by molar-refractivity contribution is -0.131. The van der Waals surface area contributed by atoms with E-state index in [9.17, 15) is 4.79 Å². The Kier molecular flexibility index (Phi) is 7.35. The maximum atomic E-state index is 11.9. The van der Waals surface area contributed by atoms with Crippen molar-refractivity contribution in [2.75, 3.05) is 63.9 Å². The molecule has 0 bridgehead atoms. The van der Waals surface area contributed by atoms with Gasteiger partial charge in [-0.15, -0.1) is 23.7 Å². The summed E-state index contributed by atoms with van der Waals surface area (Å²) in [5, 5.41) is 8.27. The van der Waals surface area contributed by atoms with Crippen LogP contribution in [0.25, 0.3) is 32.5 Å². The predicted octanol–water partition coefficient (Wildman–Crippen LogP) is 2.10. The van der Waals surface area contributed by atoms with Crippen molar-refractivity contribution < 1.29 is 9.53 Å². The number of anilines is 1. The molecule has 190 valence electrons. The third-order valence-electron chi connectivity index (χ3n) is 6.72. The second kappa shape index (κ2) is 10.7. The second-order valence-corrected chi connectivity index (χ2v) is 10.0. The zero-order valence-electron chi connectivity index (χ0n) is 19.9. The van der Waals surface area contributed by atoms with Crippen LogP contribution in [-0.2, 0) is 16.1 Å². The lowest BCUT2D eigenvalue weighted by atomic mass is 10.1. The number of nitrogens with one attached hydrogen (secondary N) is 1. The minimum Gasteiger partial charge on any atom is -0.378 e. The van der Waals surface area contributed by atoms with Crippen LogP contribution in [0, 0.1) is 0 Å². The largest absolute Gasteiger partial charge is 0.378 e. The summed E-state index contributed by atoms with van der Waals surface area (Å²) < 4.78 is 6.71. The molecule has 1 aromatic carbocycles. The maximum absolute atomic E-state index is 11.9. The molecule has 5 heterocycles. The number of aromatic nitrogens is 4. The Morgan fingerprint density at radius 1 is 1.11 bits per heavy atom. The van der Waals surface area contributed by atoms with Gasteiger partial charge in [0.15, 0.2) is 11.6 Å². The lowest BCUT2D eigenvalue weighted by Gasteiger charge is -2.34. The van der Waals surface area contributed by atoms with Crippen LogP contribution in [0.1, 0.15) is 4.88 Å². The van der Waals surface area contributed by atoms with Crippen LogP contribution in [0.2, 0.25) is 0 Å². The summed E-state index contributed by atoms with van der Waals surface area (Å²) in [6.07, 6.45) is 1.83. The molecule has 2 aliphatic rings. The molecule has 0 radical (unpaired) electrons. The molecule has 10 nitrogen and oxygen atoms in total. The molecule has 3 N–H and O–H groups in total. The van der Waals surface area contributed by atoms with E-state index in [4.69, 9.17) is 20.4 Å². The number of amides is 1. The number of carbonyl (C=O) groups is 1. The molecule has 3 aromatic heterocycles. The quantitative estimate of drug-likeness (QED) is 0.404. The molecule has 0 spiro atoms. The number of nitrogens with two attached hydrogens (primary N) is 1. The van der Waals surface area contributed by atoms with Crippen molar-refractivity contribution in [1.29, 1.82) is 0 Å². The van der Waals surface area contributed by atoms with Crippen molar-refractivity contribution in [3.05, 3.63) is 35.3 Å². The van der Waals surface area contributed by atoms with Gasteiger partial charge < -0.3 is 20.3 Å². The molecule has 36 heavy (non-hydrogen) atoms. The van der Waals surface area contributed by atoms with Gasteiger partial charge in [0.05, 0.1) is 41.7 Å². The highest BCUT2D eigenvalue weighted by molar-refractivity contribution is 7.19. The van der Waals surface area contributed by atoms with Gasteiger partial charge in [0.1, 0.15) is 0 Å². The third kappa shape index (κ3) is 4.76. The number of morpholine rings is 1. The summed E-state index contributed by atoms with van der Waals surface area (Å²) in [5.41, 5.74) is 8.44. The predicted molar refractivity (Wildman–Crippen MR) is 144 cm³/mol. The first-order chi connectivity index (χ1) is 17.2. The molecule has 2 fully saturated rings. The second-order valence-electron chi connectivity index (χ2n) is 8.90. The van der Waals surface area contributed by atoms with E-state index in [1.165, 1.54) is 4.88 Å². The van der Waals surface area contributed by atoms with Gasteiger partial charge in [0.2, 0.25) is 5.91 Å². The van der Waals surface area contributed by atoms with E-state index in [-0.39, 0.29) is 24.9 Å². The van der Waals surface area contributed by atoms with E-state index < -0.39 is 0 Å². The Morgan fingerprint density at radius 3 is 2.69 bits per heavy atom. The van der Waals surface area contributed by atoms with Gasteiger partial charge in [-0.2, -0.15) is 5.10 Å². The first-order valence-corrected chi connectivity index (χ1v) is 12.8. The Morgan fingerprint density at radius 2 is 1.92 bits per heavy atom. The van der Waals surface area contributed by atoms with Gasteiger partial charge in [0, 0.05) is 61.6 Å². The number of aromatic amines is 1. The number of nitrogens with zero attached hydrogens (tertiary/aromatic N) is 6. The molecule has 1 amide bonds. The van der Waals surface area contributed by atoms with Crippen molar-refractivity contribution in [3.8, 4) is 11.4 Å². The topological polar surface area (TPSA) is 116 Å². The smallest absolute Gasteiger partial charge is 0.236 e. The van der Waals surface area contributed by atoms with Crippen LogP contribution in [0.3, 0.4) is 0 Å². The SMILES string of the molecule is Cl.NCC(=O)N1CCN(Cc2cc3nc(-c4cccc5[nH]ncc45)nc(N4CCOCC4)c3s2)CC1. The van der Waals surface area contributed by atoms with Gasteiger partial charge in [-0.1, -0.05) is 12.1 Å². The molecule has 2 aliphatic heterocycles. The number of hydrogen-bond acceptors (Lipinski definition) is 9. The highest BCUT2D eigenvalue weighted by atomic mass is 35.5. The van der Waals surface area contributed by atoms with E-state index in [1.807, 2.05) is 23.2 Å². The Balaban J connectivity index is 0.00000267. The normalized spacial score (nSPS) is 17.0. The molecule has 0 atom stereocenters. The van der Waals surface area contributed by atoms with Crippen LogP contribution in [-0.4, -0.2) is 94.9 Å². The number of piperazine rings is 1. The molecule has 0 saturated carbocycles. The minimum atomic E-state index is 0. The number of ether oxygens (including phenoxy) is 1. The standard InChI is InChI=1S/C24H28N8O2S.ClH/c25-13-21(33)31-6-4-30(5-7-31)15-16-12-20-22(35-16)24(32-8-10-34-11-9-32)28-23(27-20)17-2-1-3-19-18(17)14-26-29-19;/h1-3,12,14H,4-11,13,15,25H2,(H,26,29);1H. The average Bonchev–Trinajstić information content (AvgIpc) is 3.55. The number of halogens is 1. The number of fused-ring (bicyclic) bond motifs is 2. The van der Waals surface area contributed by atoms with Crippen LogP contribution < -0.4 is 10.6 Å². The number of hydrogen-bond donors (Lipinski definition) is 2. The van der Waals surface area contributed by atoms with Gasteiger partial charge in [0.25, 0.3) is 0 Å². The number of thiophene rings is 1. The number of carbonyl (C=O) groups excluding carboxylic acids is 1. The Bertz CT molecular complexity index is 1360. The summed E-state index contributed by atoms with van der Waals surface area (Å²) in [6, 6.07) is 8.27. The van der Waals surface area contributed by atoms with Crippen molar-refractivity contribution in [3.63, 3.8) is 0 Å². The summed E-state index contributed by atoms with van der Waals surface area (Å²) in [6.45, 7) is 7.06. The van der Waals surface area contributed by atoms with E-state index in [0.29, 0.717) is 19.0 Å². The zero-order valence-corrected chi connectivity index (χ0v) is 21.5. The number of H-pyrrole nitrogens is 1. The fraction of sp³-hybridized carbons (Fsp3) is 0.417. The molecule has 12 heteroatoms. The summed E-state index contributed by atoms with van der Waals surface area (Å²) >= 11 is 1.76. The third-order valence-corrected chi connectivity index (χ3v) is 7.83.